The number of carbonyl (C=O) groups excluding carboxylic acids is 1. The average Bonchev–Trinajstić information content (AvgIpc) is 2.98. The lowest BCUT2D eigenvalue weighted by molar-refractivity contribution is 0.0953. The van der Waals surface area contributed by atoms with Gasteiger partial charge < -0.3 is 14.9 Å². The van der Waals surface area contributed by atoms with Crippen molar-refractivity contribution in [2.45, 2.75) is 6.42 Å². The molecule has 0 saturated carbocycles. The molecule has 2 aromatic heterocycles. The fraction of sp³-hybridized carbons (Fsp3) is 0.231. The lowest BCUT2D eigenvalue weighted by atomic mass is 10.1. The number of nitrogens with zero attached hydrogens (tertiary/aromatic N) is 3. The molecule has 0 bridgehead atoms. The first kappa shape index (κ1) is 13.7. The highest BCUT2D eigenvalue weighted by atomic mass is 16.5. The summed E-state index contributed by atoms with van der Waals surface area (Å²) in [5.74, 6) is 5.36. The molecule has 0 aromatic carbocycles. The Morgan fingerprint density at radius 2 is 2.40 bits per heavy atom. The number of carbonyl (C=O) groups is 1. The normalized spacial score (nSPS) is 9.65. The third-order valence-corrected chi connectivity index (χ3v) is 2.40. The van der Waals surface area contributed by atoms with E-state index in [4.69, 9.17) is 9.63 Å². The molecule has 0 spiro atoms. The zero-order valence-electron chi connectivity index (χ0n) is 10.5. The molecule has 7 heteroatoms. The van der Waals surface area contributed by atoms with E-state index < -0.39 is 0 Å². The maximum atomic E-state index is 12.0. The molecule has 2 rings (SSSR count). The van der Waals surface area contributed by atoms with E-state index in [0.717, 1.165) is 0 Å². The first-order valence-electron chi connectivity index (χ1n) is 5.88. The molecule has 0 aliphatic carbocycles. The second kappa shape index (κ2) is 7.01. The Balaban J connectivity index is 1.98. The van der Waals surface area contributed by atoms with E-state index in [1.165, 1.54) is 18.7 Å². The number of pyridine rings is 1. The van der Waals surface area contributed by atoms with Crippen molar-refractivity contribution in [3.8, 4) is 11.8 Å². The summed E-state index contributed by atoms with van der Waals surface area (Å²) in [5, 5.41) is 14.9. The first-order chi connectivity index (χ1) is 9.81. The standard InChI is InChI=1S/C13H12N4O3/c18-7-1-2-10-8-14-5-3-11(10)13(19)15-6-4-12-16-9-17-20-12/h3,5,8-9,18H,4,6-7H2,(H,15,19). The Morgan fingerprint density at radius 1 is 1.50 bits per heavy atom. The summed E-state index contributed by atoms with van der Waals surface area (Å²) >= 11 is 0. The second-order valence-electron chi connectivity index (χ2n) is 3.72. The van der Waals surface area contributed by atoms with Crippen molar-refractivity contribution >= 4 is 5.91 Å². The van der Waals surface area contributed by atoms with Gasteiger partial charge in [0.15, 0.2) is 6.33 Å². The van der Waals surface area contributed by atoms with Crippen LogP contribution in [0.15, 0.2) is 29.3 Å². The van der Waals surface area contributed by atoms with Crippen LogP contribution in [-0.4, -0.2) is 39.3 Å². The number of amides is 1. The van der Waals surface area contributed by atoms with Crippen LogP contribution < -0.4 is 5.32 Å². The van der Waals surface area contributed by atoms with Crippen molar-refractivity contribution in [3.05, 3.63) is 41.8 Å². The van der Waals surface area contributed by atoms with E-state index in [0.29, 0.717) is 30.0 Å². The molecular formula is C13H12N4O3. The Morgan fingerprint density at radius 3 is 3.15 bits per heavy atom. The zero-order chi connectivity index (χ0) is 14.2. The predicted octanol–water partition coefficient (Wildman–Crippen LogP) is -0.219. The first-order valence-corrected chi connectivity index (χ1v) is 5.88. The Labute approximate surface area is 115 Å². The van der Waals surface area contributed by atoms with Gasteiger partial charge in [-0.2, -0.15) is 4.98 Å². The zero-order valence-corrected chi connectivity index (χ0v) is 10.5. The van der Waals surface area contributed by atoms with Crippen LogP contribution in [0.5, 0.6) is 0 Å². The van der Waals surface area contributed by atoms with Gasteiger partial charge in [-0.05, 0) is 6.07 Å². The maximum Gasteiger partial charge on any atom is 0.252 e. The monoisotopic (exact) mass is 272 g/mol. The lowest BCUT2D eigenvalue weighted by Gasteiger charge is -2.05. The van der Waals surface area contributed by atoms with Gasteiger partial charge >= 0.3 is 0 Å². The molecule has 0 aliphatic rings. The number of nitrogens with one attached hydrogen (secondary N) is 1. The van der Waals surface area contributed by atoms with Crippen molar-refractivity contribution in [1.29, 1.82) is 0 Å². The van der Waals surface area contributed by atoms with Crippen molar-refractivity contribution in [2.24, 2.45) is 0 Å². The van der Waals surface area contributed by atoms with Crippen molar-refractivity contribution in [2.75, 3.05) is 13.2 Å². The fourth-order valence-electron chi connectivity index (χ4n) is 1.51. The van der Waals surface area contributed by atoms with Crippen LogP contribution in [0.4, 0.5) is 0 Å². The van der Waals surface area contributed by atoms with Crippen LogP contribution in [0.2, 0.25) is 0 Å². The number of aliphatic hydroxyl groups excluding tert-OH is 1. The molecule has 7 nitrogen and oxygen atoms in total. The van der Waals surface area contributed by atoms with Crippen molar-refractivity contribution in [1.82, 2.24) is 20.4 Å². The van der Waals surface area contributed by atoms with Crippen LogP contribution in [0, 0.1) is 11.8 Å². The highest BCUT2D eigenvalue weighted by Gasteiger charge is 2.10. The number of rotatable bonds is 4. The SMILES string of the molecule is O=C(NCCc1ncno1)c1ccncc1C#CCO. The molecule has 0 aliphatic heterocycles. The molecule has 2 heterocycles. The minimum absolute atomic E-state index is 0.269. The van der Waals surface area contributed by atoms with E-state index in [1.54, 1.807) is 6.07 Å². The van der Waals surface area contributed by atoms with Gasteiger partial charge in [0.2, 0.25) is 5.89 Å². The Hall–Kier alpha value is -2.72. The lowest BCUT2D eigenvalue weighted by Crippen LogP contribution is -2.26. The fourth-order valence-corrected chi connectivity index (χ4v) is 1.51. The minimum Gasteiger partial charge on any atom is -0.384 e. The molecule has 2 aromatic rings. The molecule has 1 amide bonds. The van der Waals surface area contributed by atoms with E-state index in [-0.39, 0.29) is 12.5 Å². The summed E-state index contributed by atoms with van der Waals surface area (Å²) < 4.78 is 4.83. The smallest absolute Gasteiger partial charge is 0.252 e. The van der Waals surface area contributed by atoms with Gasteiger partial charge in [-0.25, -0.2) is 0 Å². The van der Waals surface area contributed by atoms with Crippen LogP contribution in [0.1, 0.15) is 21.8 Å². The number of hydrogen-bond donors (Lipinski definition) is 2. The molecule has 0 atom stereocenters. The summed E-state index contributed by atoms with van der Waals surface area (Å²) in [5.41, 5.74) is 0.878. The third kappa shape index (κ3) is 3.63. The molecule has 0 fully saturated rings. The van der Waals surface area contributed by atoms with Crippen molar-refractivity contribution < 1.29 is 14.4 Å². The van der Waals surface area contributed by atoms with Crippen LogP contribution in [0.25, 0.3) is 0 Å². The molecule has 0 radical (unpaired) electrons. The summed E-state index contributed by atoms with van der Waals surface area (Å²) in [6, 6.07) is 1.57. The van der Waals surface area contributed by atoms with Gasteiger partial charge in [0, 0.05) is 25.4 Å². The largest absolute Gasteiger partial charge is 0.384 e. The summed E-state index contributed by atoms with van der Waals surface area (Å²) in [4.78, 5) is 19.8. The molecule has 20 heavy (non-hydrogen) atoms. The molecule has 0 unspecified atom stereocenters. The van der Waals surface area contributed by atoms with E-state index >= 15 is 0 Å². The van der Waals surface area contributed by atoms with Crippen LogP contribution in [-0.2, 0) is 6.42 Å². The molecule has 2 N–H and O–H groups in total. The van der Waals surface area contributed by atoms with E-state index in [2.05, 4.69) is 32.3 Å². The highest BCUT2D eigenvalue weighted by molar-refractivity contribution is 5.96. The highest BCUT2D eigenvalue weighted by Crippen LogP contribution is 2.05. The van der Waals surface area contributed by atoms with Crippen molar-refractivity contribution in [3.63, 3.8) is 0 Å². The van der Waals surface area contributed by atoms with E-state index in [1.807, 2.05) is 0 Å². The summed E-state index contributed by atoms with van der Waals surface area (Å²) in [6.45, 7) is 0.101. The van der Waals surface area contributed by atoms with Gasteiger partial charge in [0.05, 0.1) is 11.1 Å². The van der Waals surface area contributed by atoms with Gasteiger partial charge in [-0.1, -0.05) is 17.0 Å². The predicted molar refractivity (Wildman–Crippen MR) is 68.5 cm³/mol. The number of aromatic nitrogens is 3. The van der Waals surface area contributed by atoms with Gasteiger partial charge in [-0.3, -0.25) is 9.78 Å². The van der Waals surface area contributed by atoms with Gasteiger partial charge in [-0.15, -0.1) is 0 Å². The minimum atomic E-state index is -0.271. The Kier molecular flexibility index (Phi) is 4.81. The average molecular weight is 272 g/mol. The van der Waals surface area contributed by atoms with E-state index in [9.17, 15) is 4.79 Å². The van der Waals surface area contributed by atoms with Gasteiger partial charge in [0.25, 0.3) is 5.91 Å². The summed E-state index contributed by atoms with van der Waals surface area (Å²) in [6.07, 6.45) is 4.75. The topological polar surface area (TPSA) is 101 Å². The van der Waals surface area contributed by atoms with Crippen LogP contribution >= 0.6 is 0 Å². The number of hydrogen-bond acceptors (Lipinski definition) is 6. The molecular weight excluding hydrogens is 260 g/mol. The third-order valence-electron chi connectivity index (χ3n) is 2.40. The Bertz CT molecular complexity index is 629. The van der Waals surface area contributed by atoms with Gasteiger partial charge in [0.1, 0.15) is 6.61 Å². The van der Waals surface area contributed by atoms with Crippen LogP contribution in [0.3, 0.4) is 0 Å². The quantitative estimate of drug-likeness (QED) is 0.746. The number of aliphatic hydroxyl groups is 1. The summed E-state index contributed by atoms with van der Waals surface area (Å²) in [7, 11) is 0. The second-order valence-corrected chi connectivity index (χ2v) is 3.72. The molecule has 102 valence electrons. The molecule has 0 saturated heterocycles. The maximum absolute atomic E-state index is 12.0.